The van der Waals surface area contributed by atoms with Crippen molar-refractivity contribution >= 4 is 0 Å². The quantitative estimate of drug-likeness (QED) is 0.724. The van der Waals surface area contributed by atoms with Crippen LogP contribution in [0.25, 0.3) is 0 Å². The first-order valence-corrected chi connectivity index (χ1v) is 3.90. The molecular weight excluding hydrogens is 169 g/mol. The van der Waals surface area contributed by atoms with E-state index in [1.54, 1.807) is 12.1 Å². The minimum atomic E-state index is -0.467. The van der Waals surface area contributed by atoms with Crippen LogP contribution in [0.5, 0.6) is 5.75 Å². The van der Waals surface area contributed by atoms with Gasteiger partial charge in [0.25, 0.3) is 0 Å². The van der Waals surface area contributed by atoms with Gasteiger partial charge in [-0.05, 0) is 6.07 Å². The number of ether oxygens (including phenoxy) is 1. The molecule has 1 rings (SSSR count). The van der Waals surface area contributed by atoms with Crippen LogP contribution in [0.3, 0.4) is 0 Å². The predicted molar refractivity (Wildman–Crippen MR) is 50.1 cm³/mol. The predicted octanol–water partition coefficient (Wildman–Crippen LogP) is 2.02. The highest BCUT2D eigenvalue weighted by molar-refractivity contribution is 5.32. The van der Waals surface area contributed by atoms with E-state index in [1.807, 2.05) is 0 Å². The molecule has 0 saturated heterocycles. The Balaban J connectivity index is 3.04. The highest BCUT2D eigenvalue weighted by Crippen LogP contribution is 2.20. The number of methoxy groups -OCH3 is 1. The molecule has 0 fully saturated rings. The fourth-order valence-corrected chi connectivity index (χ4v) is 1.03. The molecule has 0 aliphatic rings. The van der Waals surface area contributed by atoms with Crippen LogP contribution in [0.4, 0.5) is 4.39 Å². The monoisotopic (exact) mass is 181 g/mol. The van der Waals surface area contributed by atoms with E-state index in [-0.39, 0.29) is 5.82 Å². The maximum atomic E-state index is 13.3. The molecule has 0 unspecified atom stereocenters. The Bertz CT molecular complexity index is 312. The highest BCUT2D eigenvalue weighted by Gasteiger charge is 2.08. The molecule has 0 aromatic heterocycles. The van der Waals surface area contributed by atoms with E-state index in [4.69, 9.17) is 10.5 Å². The lowest BCUT2D eigenvalue weighted by Crippen LogP contribution is -2.08. The molecule has 0 bridgehead atoms. The standard InChI is InChI=1S/C10H12FNO/c1-3-10(12)8-5-4-7(13-2)6-9(8)11/h3-6,10H,1,12H2,2H3/t10-/m1/s1. The van der Waals surface area contributed by atoms with E-state index in [1.165, 1.54) is 19.3 Å². The maximum absolute atomic E-state index is 13.3. The summed E-state index contributed by atoms with van der Waals surface area (Å²) in [5.41, 5.74) is 6.01. The molecule has 0 aliphatic heterocycles. The molecule has 70 valence electrons. The van der Waals surface area contributed by atoms with Gasteiger partial charge in [0.05, 0.1) is 13.2 Å². The Morgan fingerprint density at radius 3 is 2.77 bits per heavy atom. The average molecular weight is 181 g/mol. The summed E-state index contributed by atoms with van der Waals surface area (Å²) >= 11 is 0. The second kappa shape index (κ2) is 4.05. The van der Waals surface area contributed by atoms with Gasteiger partial charge in [-0.25, -0.2) is 4.39 Å². The van der Waals surface area contributed by atoms with Crippen molar-refractivity contribution in [2.24, 2.45) is 5.73 Å². The molecule has 0 radical (unpaired) electrons. The Morgan fingerprint density at radius 2 is 2.31 bits per heavy atom. The number of hydrogen-bond acceptors (Lipinski definition) is 2. The van der Waals surface area contributed by atoms with Crippen molar-refractivity contribution in [3.05, 3.63) is 42.2 Å². The second-order valence-corrected chi connectivity index (χ2v) is 2.65. The van der Waals surface area contributed by atoms with Gasteiger partial charge in [-0.1, -0.05) is 12.1 Å². The molecule has 1 aromatic rings. The van der Waals surface area contributed by atoms with E-state index < -0.39 is 6.04 Å². The van der Waals surface area contributed by atoms with Crippen LogP contribution < -0.4 is 10.5 Å². The Kier molecular flexibility index (Phi) is 3.03. The van der Waals surface area contributed by atoms with Gasteiger partial charge in [-0.15, -0.1) is 6.58 Å². The lowest BCUT2D eigenvalue weighted by molar-refractivity contribution is 0.410. The summed E-state index contributed by atoms with van der Waals surface area (Å²) in [6.07, 6.45) is 1.49. The summed E-state index contributed by atoms with van der Waals surface area (Å²) in [4.78, 5) is 0. The zero-order valence-corrected chi connectivity index (χ0v) is 7.46. The maximum Gasteiger partial charge on any atom is 0.131 e. The number of nitrogens with two attached hydrogens (primary N) is 1. The molecule has 13 heavy (non-hydrogen) atoms. The Labute approximate surface area is 76.8 Å². The fourth-order valence-electron chi connectivity index (χ4n) is 1.03. The number of rotatable bonds is 3. The van der Waals surface area contributed by atoms with Gasteiger partial charge in [0.1, 0.15) is 11.6 Å². The van der Waals surface area contributed by atoms with Gasteiger partial charge in [-0.3, -0.25) is 0 Å². The van der Waals surface area contributed by atoms with Crippen molar-refractivity contribution in [3.63, 3.8) is 0 Å². The van der Waals surface area contributed by atoms with E-state index >= 15 is 0 Å². The number of halogens is 1. The molecule has 1 aromatic carbocycles. The van der Waals surface area contributed by atoms with Crippen molar-refractivity contribution in [2.75, 3.05) is 7.11 Å². The van der Waals surface area contributed by atoms with Gasteiger partial charge in [0.2, 0.25) is 0 Å². The lowest BCUT2D eigenvalue weighted by Gasteiger charge is -2.08. The summed E-state index contributed by atoms with van der Waals surface area (Å²) in [6.45, 7) is 3.50. The summed E-state index contributed by atoms with van der Waals surface area (Å²) in [7, 11) is 1.49. The van der Waals surface area contributed by atoms with Crippen molar-refractivity contribution in [2.45, 2.75) is 6.04 Å². The molecular formula is C10H12FNO. The van der Waals surface area contributed by atoms with Crippen molar-refractivity contribution in [1.82, 2.24) is 0 Å². The van der Waals surface area contributed by atoms with Gasteiger partial charge in [0, 0.05) is 11.6 Å². The molecule has 0 amide bonds. The number of hydrogen-bond donors (Lipinski definition) is 1. The highest BCUT2D eigenvalue weighted by atomic mass is 19.1. The van der Waals surface area contributed by atoms with E-state index in [0.29, 0.717) is 11.3 Å². The molecule has 2 nitrogen and oxygen atoms in total. The van der Waals surface area contributed by atoms with Crippen molar-refractivity contribution in [3.8, 4) is 5.75 Å². The SMILES string of the molecule is C=C[C@@H](N)c1ccc(OC)cc1F. The van der Waals surface area contributed by atoms with Gasteiger partial charge >= 0.3 is 0 Å². The minimum Gasteiger partial charge on any atom is -0.497 e. The fraction of sp³-hybridized carbons (Fsp3) is 0.200. The van der Waals surface area contributed by atoms with Crippen molar-refractivity contribution < 1.29 is 9.13 Å². The van der Waals surface area contributed by atoms with Crippen LogP contribution in [-0.2, 0) is 0 Å². The Morgan fingerprint density at radius 1 is 1.62 bits per heavy atom. The normalized spacial score (nSPS) is 12.2. The summed E-state index contributed by atoms with van der Waals surface area (Å²) in [5.74, 6) is 0.115. The van der Waals surface area contributed by atoms with Gasteiger partial charge < -0.3 is 10.5 Å². The van der Waals surface area contributed by atoms with Crippen LogP contribution in [0.2, 0.25) is 0 Å². The molecule has 3 heteroatoms. The third kappa shape index (κ3) is 2.06. The second-order valence-electron chi connectivity index (χ2n) is 2.65. The zero-order valence-electron chi connectivity index (χ0n) is 7.46. The zero-order chi connectivity index (χ0) is 9.84. The van der Waals surface area contributed by atoms with Gasteiger partial charge in [-0.2, -0.15) is 0 Å². The van der Waals surface area contributed by atoms with E-state index in [0.717, 1.165) is 0 Å². The first-order valence-electron chi connectivity index (χ1n) is 3.90. The third-order valence-electron chi connectivity index (χ3n) is 1.82. The summed E-state index contributed by atoms with van der Waals surface area (Å²) in [6, 6.07) is 4.10. The van der Waals surface area contributed by atoms with Gasteiger partial charge in [0.15, 0.2) is 0 Å². The lowest BCUT2D eigenvalue weighted by atomic mass is 10.1. The third-order valence-corrected chi connectivity index (χ3v) is 1.82. The molecule has 2 N–H and O–H groups in total. The van der Waals surface area contributed by atoms with Crippen LogP contribution in [0, 0.1) is 5.82 Å². The minimum absolute atomic E-state index is 0.369. The Hall–Kier alpha value is -1.35. The molecule has 1 atom stereocenters. The van der Waals surface area contributed by atoms with Crippen LogP contribution in [0.15, 0.2) is 30.9 Å². The van der Waals surface area contributed by atoms with E-state index in [2.05, 4.69) is 6.58 Å². The molecule has 0 spiro atoms. The average Bonchev–Trinajstić information content (AvgIpc) is 2.16. The molecule has 0 heterocycles. The van der Waals surface area contributed by atoms with Crippen LogP contribution >= 0.6 is 0 Å². The topological polar surface area (TPSA) is 35.2 Å². The summed E-state index contributed by atoms with van der Waals surface area (Å²) < 4.78 is 18.1. The summed E-state index contributed by atoms with van der Waals surface area (Å²) in [5, 5.41) is 0. The van der Waals surface area contributed by atoms with E-state index in [9.17, 15) is 4.39 Å². The molecule has 0 saturated carbocycles. The molecule has 0 aliphatic carbocycles. The smallest absolute Gasteiger partial charge is 0.131 e. The largest absolute Gasteiger partial charge is 0.497 e. The van der Waals surface area contributed by atoms with Crippen LogP contribution in [-0.4, -0.2) is 7.11 Å². The first kappa shape index (κ1) is 9.74. The van der Waals surface area contributed by atoms with Crippen molar-refractivity contribution in [1.29, 1.82) is 0 Å². The number of benzene rings is 1. The van der Waals surface area contributed by atoms with Crippen LogP contribution in [0.1, 0.15) is 11.6 Å². The first-order chi connectivity index (χ1) is 6.19.